The van der Waals surface area contributed by atoms with E-state index in [4.69, 9.17) is 9.68 Å². The number of furan rings is 1. The van der Waals surface area contributed by atoms with Crippen LogP contribution >= 0.6 is 0 Å². The van der Waals surface area contributed by atoms with E-state index in [-0.39, 0.29) is 23.4 Å². The average Bonchev–Trinajstić information content (AvgIpc) is 3.29. The predicted molar refractivity (Wildman–Crippen MR) is 111 cm³/mol. The highest BCUT2D eigenvalue weighted by molar-refractivity contribution is 5.89. The molecular formula is C23H20N4O3. The van der Waals surface area contributed by atoms with Crippen LogP contribution in [0.3, 0.4) is 0 Å². The topological polar surface area (TPSA) is 91.3 Å². The van der Waals surface area contributed by atoms with Gasteiger partial charge in [-0.15, -0.1) is 0 Å². The maximum Gasteiger partial charge on any atom is 0.321 e. The number of piperidine rings is 1. The second-order valence-electron chi connectivity index (χ2n) is 7.89. The zero-order valence-electron chi connectivity index (χ0n) is 16.2. The number of nitrogens with zero attached hydrogens (tertiary/aromatic N) is 3. The highest BCUT2D eigenvalue weighted by Gasteiger charge is 2.36. The smallest absolute Gasteiger partial charge is 0.321 e. The Kier molecular flexibility index (Phi) is 4.40. The summed E-state index contributed by atoms with van der Waals surface area (Å²) in [6.45, 7) is 1.74. The molecule has 5 rings (SSSR count). The first-order valence-corrected chi connectivity index (χ1v) is 9.96. The van der Waals surface area contributed by atoms with Crippen LogP contribution in [-0.4, -0.2) is 28.6 Å². The lowest BCUT2D eigenvalue weighted by Crippen LogP contribution is -2.50. The average molecular weight is 400 g/mol. The summed E-state index contributed by atoms with van der Waals surface area (Å²) in [6, 6.07) is 16.2. The third-order valence-corrected chi connectivity index (χ3v) is 5.92. The Hall–Kier alpha value is -3.79. The summed E-state index contributed by atoms with van der Waals surface area (Å²) in [5.41, 5.74) is 2.60. The Bertz CT molecular complexity index is 1210. The van der Waals surface area contributed by atoms with Gasteiger partial charge in [0.15, 0.2) is 0 Å². The summed E-state index contributed by atoms with van der Waals surface area (Å²) in [4.78, 5) is 27.7. The molecule has 1 aromatic carbocycles. The Morgan fingerprint density at radius 3 is 2.83 bits per heavy atom. The number of anilines is 1. The van der Waals surface area contributed by atoms with E-state index in [1.54, 1.807) is 42.7 Å². The van der Waals surface area contributed by atoms with Crippen molar-refractivity contribution in [1.29, 1.82) is 5.26 Å². The molecule has 0 unspecified atom stereocenters. The quantitative estimate of drug-likeness (QED) is 0.711. The van der Waals surface area contributed by atoms with Crippen LogP contribution in [0.1, 0.15) is 23.6 Å². The van der Waals surface area contributed by atoms with Gasteiger partial charge in [0, 0.05) is 36.9 Å². The van der Waals surface area contributed by atoms with Crippen LogP contribution in [0, 0.1) is 17.2 Å². The molecular weight excluding hydrogens is 380 g/mol. The molecule has 2 aromatic heterocycles. The largest absolute Gasteiger partial charge is 0.464 e. The predicted octanol–water partition coefficient (Wildman–Crippen LogP) is 3.63. The van der Waals surface area contributed by atoms with E-state index in [0.717, 1.165) is 12.1 Å². The van der Waals surface area contributed by atoms with Crippen molar-refractivity contribution in [2.75, 3.05) is 18.4 Å². The van der Waals surface area contributed by atoms with E-state index in [9.17, 15) is 9.59 Å². The summed E-state index contributed by atoms with van der Waals surface area (Å²) >= 11 is 0. The SMILES string of the molecule is N#Cc1cccc(NC(=O)N2C[C@@H]3C[C@H](C2)c2ccc(-c4ccco4)c(=O)n2C3)c1. The van der Waals surface area contributed by atoms with E-state index in [2.05, 4.69) is 11.4 Å². The molecule has 7 heteroatoms. The number of carbonyl (C=O) groups excluding carboxylic acids is 1. The van der Waals surface area contributed by atoms with Crippen LogP contribution in [0.2, 0.25) is 0 Å². The molecule has 2 aliphatic rings. The number of carbonyl (C=O) groups is 1. The van der Waals surface area contributed by atoms with Gasteiger partial charge in [-0.05, 0) is 54.8 Å². The number of nitrogens with one attached hydrogen (secondary N) is 1. The molecule has 2 atom stereocenters. The first-order chi connectivity index (χ1) is 14.6. The summed E-state index contributed by atoms with van der Waals surface area (Å²) in [6.07, 6.45) is 2.53. The van der Waals surface area contributed by atoms with Gasteiger partial charge < -0.3 is 19.2 Å². The first kappa shape index (κ1) is 18.3. The van der Waals surface area contributed by atoms with Gasteiger partial charge in [0.05, 0.1) is 23.5 Å². The standard InChI is InChI=1S/C23H20N4O3/c24-11-15-3-1-4-18(10-15)25-23(29)26-12-16-9-17(14-26)20-7-6-19(21-5-2-8-30-21)22(28)27(20)13-16/h1-8,10,16-17H,9,12-14H2,(H,25,29)/t16-,17+/m0/s1. The summed E-state index contributed by atoms with van der Waals surface area (Å²) in [5, 5.41) is 11.9. The summed E-state index contributed by atoms with van der Waals surface area (Å²) < 4.78 is 7.26. The van der Waals surface area contributed by atoms with E-state index in [1.165, 1.54) is 0 Å². The number of fused-ring (bicyclic) bond motifs is 4. The molecule has 3 aromatic rings. The molecule has 2 amide bonds. The van der Waals surface area contributed by atoms with Gasteiger partial charge in [0.25, 0.3) is 5.56 Å². The Balaban J connectivity index is 1.38. The molecule has 1 saturated heterocycles. The lowest BCUT2D eigenvalue weighted by Gasteiger charge is -2.42. The molecule has 7 nitrogen and oxygen atoms in total. The fourth-order valence-corrected chi connectivity index (χ4v) is 4.60. The van der Waals surface area contributed by atoms with E-state index >= 15 is 0 Å². The van der Waals surface area contributed by atoms with Gasteiger partial charge in [-0.2, -0.15) is 5.26 Å². The van der Waals surface area contributed by atoms with Gasteiger partial charge in [0.1, 0.15) is 5.76 Å². The van der Waals surface area contributed by atoms with Crippen molar-refractivity contribution in [3.8, 4) is 17.4 Å². The Morgan fingerprint density at radius 1 is 1.13 bits per heavy atom. The monoisotopic (exact) mass is 400 g/mol. The number of benzene rings is 1. The number of urea groups is 1. The molecule has 0 aliphatic carbocycles. The van der Waals surface area contributed by atoms with Crippen molar-refractivity contribution in [3.05, 3.63) is 76.4 Å². The van der Waals surface area contributed by atoms with Crippen molar-refractivity contribution >= 4 is 11.7 Å². The minimum Gasteiger partial charge on any atom is -0.464 e. The number of nitriles is 1. The number of hydrogen-bond donors (Lipinski definition) is 1. The second-order valence-corrected chi connectivity index (χ2v) is 7.89. The third-order valence-electron chi connectivity index (χ3n) is 5.92. The van der Waals surface area contributed by atoms with E-state index in [1.807, 2.05) is 21.6 Å². The maximum atomic E-state index is 13.0. The summed E-state index contributed by atoms with van der Waals surface area (Å²) in [7, 11) is 0. The van der Waals surface area contributed by atoms with Crippen molar-refractivity contribution in [1.82, 2.24) is 9.47 Å². The van der Waals surface area contributed by atoms with Gasteiger partial charge >= 0.3 is 6.03 Å². The fourth-order valence-electron chi connectivity index (χ4n) is 4.60. The second kappa shape index (κ2) is 7.23. The minimum absolute atomic E-state index is 0.0385. The Morgan fingerprint density at radius 2 is 2.03 bits per heavy atom. The van der Waals surface area contributed by atoms with Crippen LogP contribution < -0.4 is 10.9 Å². The lowest BCUT2D eigenvalue weighted by atomic mass is 9.83. The normalized spacial score (nSPS) is 19.6. The number of likely N-dealkylation sites (tertiary alicyclic amines) is 1. The van der Waals surface area contributed by atoms with Gasteiger partial charge in [-0.1, -0.05) is 6.07 Å². The zero-order valence-corrected chi connectivity index (χ0v) is 16.2. The van der Waals surface area contributed by atoms with Crippen LogP contribution in [-0.2, 0) is 6.54 Å². The molecule has 0 radical (unpaired) electrons. The molecule has 2 aliphatic heterocycles. The molecule has 0 spiro atoms. The number of hydrogen-bond acceptors (Lipinski definition) is 4. The van der Waals surface area contributed by atoms with Crippen molar-refractivity contribution in [2.45, 2.75) is 18.9 Å². The molecule has 1 fully saturated rings. The maximum absolute atomic E-state index is 13.0. The molecule has 1 N–H and O–H groups in total. The molecule has 4 heterocycles. The zero-order chi connectivity index (χ0) is 20.7. The van der Waals surface area contributed by atoms with Gasteiger partial charge in [-0.25, -0.2) is 4.79 Å². The van der Waals surface area contributed by atoms with E-state index < -0.39 is 0 Å². The van der Waals surface area contributed by atoms with Crippen molar-refractivity contribution in [2.24, 2.45) is 5.92 Å². The number of rotatable bonds is 2. The van der Waals surface area contributed by atoms with Crippen LogP contribution in [0.25, 0.3) is 11.3 Å². The van der Waals surface area contributed by atoms with Crippen LogP contribution in [0.15, 0.2) is 64.0 Å². The molecule has 2 bridgehead atoms. The summed E-state index contributed by atoms with van der Waals surface area (Å²) in [5.74, 6) is 0.913. The molecule has 0 saturated carbocycles. The third kappa shape index (κ3) is 3.16. The lowest BCUT2D eigenvalue weighted by molar-refractivity contribution is 0.139. The van der Waals surface area contributed by atoms with E-state index in [0.29, 0.717) is 42.2 Å². The van der Waals surface area contributed by atoms with Gasteiger partial charge in [-0.3, -0.25) is 4.79 Å². The van der Waals surface area contributed by atoms with Gasteiger partial charge in [0.2, 0.25) is 0 Å². The first-order valence-electron chi connectivity index (χ1n) is 9.96. The Labute approximate surface area is 173 Å². The number of amides is 2. The minimum atomic E-state index is -0.178. The van der Waals surface area contributed by atoms with Crippen LogP contribution in [0.5, 0.6) is 0 Å². The number of pyridine rings is 1. The van der Waals surface area contributed by atoms with Crippen LogP contribution in [0.4, 0.5) is 10.5 Å². The fraction of sp³-hybridized carbons (Fsp3) is 0.261. The van der Waals surface area contributed by atoms with Crippen molar-refractivity contribution in [3.63, 3.8) is 0 Å². The molecule has 30 heavy (non-hydrogen) atoms. The number of aromatic nitrogens is 1. The van der Waals surface area contributed by atoms with Crippen molar-refractivity contribution < 1.29 is 9.21 Å². The highest BCUT2D eigenvalue weighted by atomic mass is 16.3. The molecule has 150 valence electrons. The highest BCUT2D eigenvalue weighted by Crippen LogP contribution is 2.36.